The molecule has 0 bridgehead atoms. The highest BCUT2D eigenvalue weighted by Crippen LogP contribution is 2.29. The summed E-state index contributed by atoms with van der Waals surface area (Å²) >= 11 is 0. The van der Waals surface area contributed by atoms with Gasteiger partial charge in [-0.15, -0.1) is 0 Å². The zero-order valence-electron chi connectivity index (χ0n) is 26.1. The molecule has 10 nitrogen and oxygen atoms in total. The Labute approximate surface area is 259 Å². The molecule has 0 saturated heterocycles. The summed E-state index contributed by atoms with van der Waals surface area (Å²) in [6.45, 7) is 6.59. The second kappa shape index (κ2) is 14.4. The van der Waals surface area contributed by atoms with Crippen LogP contribution in [0.5, 0.6) is 5.75 Å². The molecular formula is C34H43N5O5. The Morgan fingerprint density at radius 3 is 2.48 bits per heavy atom. The van der Waals surface area contributed by atoms with Crippen LogP contribution in [-0.2, 0) is 29.1 Å². The van der Waals surface area contributed by atoms with E-state index in [2.05, 4.69) is 21.3 Å². The molecular weight excluding hydrogens is 558 g/mol. The van der Waals surface area contributed by atoms with Gasteiger partial charge in [-0.05, 0) is 61.2 Å². The third-order valence-corrected chi connectivity index (χ3v) is 7.66. The molecule has 2 atom stereocenters. The van der Waals surface area contributed by atoms with Gasteiger partial charge < -0.3 is 36.0 Å². The highest BCUT2D eigenvalue weighted by atomic mass is 16.5. The summed E-state index contributed by atoms with van der Waals surface area (Å²) in [5, 5.41) is 21.3. The number of ether oxygens (including phenoxy) is 1. The van der Waals surface area contributed by atoms with Crippen LogP contribution in [0.1, 0.15) is 43.9 Å². The van der Waals surface area contributed by atoms with Gasteiger partial charge in [0.1, 0.15) is 11.8 Å². The van der Waals surface area contributed by atoms with Crippen molar-refractivity contribution in [3.8, 4) is 16.9 Å². The number of para-hydroxylation sites is 1. The van der Waals surface area contributed by atoms with E-state index in [1.807, 2.05) is 80.6 Å². The van der Waals surface area contributed by atoms with Gasteiger partial charge in [0.25, 0.3) is 0 Å². The lowest BCUT2D eigenvalue weighted by atomic mass is 9.98. The Kier molecular flexibility index (Phi) is 10.6. The Bertz CT molecular complexity index is 1470. The molecule has 1 heterocycles. The molecule has 234 valence electrons. The second-order valence-corrected chi connectivity index (χ2v) is 11.9. The van der Waals surface area contributed by atoms with Gasteiger partial charge in [0.15, 0.2) is 0 Å². The van der Waals surface area contributed by atoms with Gasteiger partial charge in [0.2, 0.25) is 11.8 Å². The van der Waals surface area contributed by atoms with Crippen LogP contribution in [0.3, 0.4) is 0 Å². The third kappa shape index (κ3) is 8.58. The number of methoxy groups -OCH3 is 1. The second-order valence-electron chi connectivity index (χ2n) is 11.9. The van der Waals surface area contributed by atoms with Gasteiger partial charge in [-0.1, -0.05) is 48.5 Å². The van der Waals surface area contributed by atoms with E-state index in [0.29, 0.717) is 37.5 Å². The predicted octanol–water partition coefficient (Wildman–Crippen LogP) is 3.82. The zero-order valence-corrected chi connectivity index (χ0v) is 26.1. The van der Waals surface area contributed by atoms with E-state index in [1.54, 1.807) is 26.0 Å². The molecule has 0 spiro atoms. The number of nitrogens with zero attached hydrogens (tertiary/aromatic N) is 1. The highest BCUT2D eigenvalue weighted by molar-refractivity contribution is 5.94. The first-order valence-electron chi connectivity index (χ1n) is 14.8. The molecule has 0 aliphatic carbocycles. The normalized spacial score (nSPS) is 15.5. The Balaban J connectivity index is 1.55. The standard InChI is InChI=1S/C34H43N5O5/c1-22(40)19-36-34(2,3)18-31(41)37-30-17-26-16-27(44-5)15-14-25(26)21-39(32(30)42)20-23-10-12-24(13-11-23)28-8-6-7-9-29(28)38-33(43)35-4/h6-16,22,30,36,40H,17-21H2,1-5H3,(H,37,41)(H2,35,38,43)/t22-,30-/m1/s1. The molecule has 4 rings (SSSR count). The fraction of sp³-hybridized carbons (Fsp3) is 0.382. The topological polar surface area (TPSA) is 132 Å². The fourth-order valence-electron chi connectivity index (χ4n) is 5.30. The van der Waals surface area contributed by atoms with Crippen molar-refractivity contribution in [1.29, 1.82) is 0 Å². The van der Waals surface area contributed by atoms with Crippen molar-refractivity contribution in [2.45, 2.75) is 64.4 Å². The van der Waals surface area contributed by atoms with E-state index in [-0.39, 0.29) is 24.3 Å². The number of rotatable bonds is 11. The van der Waals surface area contributed by atoms with Gasteiger partial charge in [-0.2, -0.15) is 0 Å². The van der Waals surface area contributed by atoms with E-state index in [1.165, 1.54) is 0 Å². The van der Waals surface area contributed by atoms with Crippen LogP contribution in [0.2, 0.25) is 0 Å². The first-order chi connectivity index (χ1) is 21.0. The van der Waals surface area contributed by atoms with E-state index in [4.69, 9.17) is 4.74 Å². The molecule has 44 heavy (non-hydrogen) atoms. The van der Waals surface area contributed by atoms with Crippen LogP contribution in [0.25, 0.3) is 11.1 Å². The first-order valence-corrected chi connectivity index (χ1v) is 14.8. The lowest BCUT2D eigenvalue weighted by Gasteiger charge is -2.29. The van der Waals surface area contributed by atoms with Crippen molar-refractivity contribution in [2.75, 3.05) is 26.0 Å². The molecule has 0 saturated carbocycles. The largest absolute Gasteiger partial charge is 0.497 e. The minimum atomic E-state index is -0.745. The van der Waals surface area contributed by atoms with E-state index in [9.17, 15) is 19.5 Å². The molecule has 5 N–H and O–H groups in total. The molecule has 0 fully saturated rings. The van der Waals surface area contributed by atoms with Crippen molar-refractivity contribution in [2.24, 2.45) is 0 Å². The van der Waals surface area contributed by atoms with Crippen molar-refractivity contribution in [1.82, 2.24) is 20.9 Å². The molecule has 1 aliphatic rings. The number of carbonyl (C=O) groups excluding carboxylic acids is 3. The van der Waals surface area contributed by atoms with Crippen molar-refractivity contribution in [3.05, 3.63) is 83.4 Å². The number of hydrogen-bond acceptors (Lipinski definition) is 6. The van der Waals surface area contributed by atoms with Gasteiger partial charge >= 0.3 is 6.03 Å². The minimum Gasteiger partial charge on any atom is -0.497 e. The maximum Gasteiger partial charge on any atom is 0.318 e. The SMILES string of the molecule is CNC(=O)Nc1ccccc1-c1ccc(CN2Cc3ccc(OC)cc3C[C@@H](NC(=O)CC(C)(C)NC[C@@H](C)O)C2=O)cc1. The van der Waals surface area contributed by atoms with Gasteiger partial charge in [-0.3, -0.25) is 9.59 Å². The molecule has 0 radical (unpaired) electrons. The smallest absolute Gasteiger partial charge is 0.318 e. The van der Waals surface area contributed by atoms with Crippen molar-refractivity contribution in [3.63, 3.8) is 0 Å². The Hall–Kier alpha value is -4.41. The molecule has 3 aromatic carbocycles. The Morgan fingerprint density at radius 1 is 1.07 bits per heavy atom. The van der Waals surface area contributed by atoms with Crippen LogP contribution in [-0.4, -0.2) is 66.2 Å². The van der Waals surface area contributed by atoms with Crippen LogP contribution >= 0.6 is 0 Å². The average Bonchev–Trinajstić information content (AvgIpc) is 3.12. The summed E-state index contributed by atoms with van der Waals surface area (Å²) in [5.74, 6) is 0.290. The number of hydrogen-bond donors (Lipinski definition) is 5. The number of urea groups is 1. The number of aliphatic hydroxyl groups is 1. The van der Waals surface area contributed by atoms with Crippen LogP contribution in [0.15, 0.2) is 66.7 Å². The fourth-order valence-corrected chi connectivity index (χ4v) is 5.30. The van der Waals surface area contributed by atoms with Crippen LogP contribution in [0, 0.1) is 0 Å². The molecule has 3 aromatic rings. The minimum absolute atomic E-state index is 0.145. The van der Waals surface area contributed by atoms with Crippen molar-refractivity contribution >= 4 is 23.5 Å². The number of β-amino-alcohol motifs (C(OH)–C–C–N with tert-alkyl or cyclic N) is 1. The van der Waals surface area contributed by atoms with Crippen LogP contribution in [0.4, 0.5) is 10.5 Å². The number of aliphatic hydroxyl groups excluding tert-OH is 1. The summed E-state index contributed by atoms with van der Waals surface area (Å²) in [6, 6.07) is 20.2. The summed E-state index contributed by atoms with van der Waals surface area (Å²) in [6.07, 6.45) is -0.0427. The van der Waals surface area contributed by atoms with E-state index < -0.39 is 17.7 Å². The van der Waals surface area contributed by atoms with Gasteiger partial charge in [0.05, 0.1) is 18.9 Å². The number of carbonyl (C=O) groups is 3. The summed E-state index contributed by atoms with van der Waals surface area (Å²) in [7, 11) is 3.17. The molecule has 0 aromatic heterocycles. The summed E-state index contributed by atoms with van der Waals surface area (Å²) < 4.78 is 5.44. The quantitative estimate of drug-likeness (QED) is 0.227. The number of nitrogens with one attached hydrogen (secondary N) is 4. The maximum absolute atomic E-state index is 13.9. The zero-order chi connectivity index (χ0) is 31.9. The first kappa shape index (κ1) is 32.5. The van der Waals surface area contributed by atoms with Crippen LogP contribution < -0.4 is 26.0 Å². The molecule has 4 amide bonds. The van der Waals surface area contributed by atoms with Gasteiger partial charge in [-0.25, -0.2) is 4.79 Å². The van der Waals surface area contributed by atoms with Crippen molar-refractivity contribution < 1.29 is 24.2 Å². The highest BCUT2D eigenvalue weighted by Gasteiger charge is 2.32. The summed E-state index contributed by atoms with van der Waals surface area (Å²) in [5.41, 5.74) is 4.82. The lowest BCUT2D eigenvalue weighted by molar-refractivity contribution is -0.137. The molecule has 0 unspecified atom stereocenters. The lowest BCUT2D eigenvalue weighted by Crippen LogP contribution is -2.51. The maximum atomic E-state index is 13.9. The van der Waals surface area contributed by atoms with E-state index >= 15 is 0 Å². The number of benzene rings is 3. The third-order valence-electron chi connectivity index (χ3n) is 7.66. The number of amides is 4. The Morgan fingerprint density at radius 2 is 1.80 bits per heavy atom. The number of fused-ring (bicyclic) bond motifs is 1. The average molecular weight is 602 g/mol. The molecule has 10 heteroatoms. The summed E-state index contributed by atoms with van der Waals surface area (Å²) in [4.78, 5) is 40.8. The predicted molar refractivity (Wildman–Crippen MR) is 171 cm³/mol. The number of anilines is 1. The molecule has 1 aliphatic heterocycles. The van der Waals surface area contributed by atoms with E-state index in [0.717, 1.165) is 27.8 Å². The monoisotopic (exact) mass is 601 g/mol. The van der Waals surface area contributed by atoms with Gasteiger partial charge in [0, 0.05) is 50.6 Å².